The monoisotopic (exact) mass is 373 g/mol. The second kappa shape index (κ2) is 8.63. The van der Waals surface area contributed by atoms with Gasteiger partial charge in [0, 0.05) is 18.0 Å². The zero-order chi connectivity index (χ0) is 16.7. The van der Waals surface area contributed by atoms with Crippen molar-refractivity contribution in [2.45, 2.75) is 32.7 Å². The maximum Gasteiger partial charge on any atom is 0.303 e. The quantitative estimate of drug-likeness (QED) is 0.731. The highest BCUT2D eigenvalue weighted by Gasteiger charge is 2.17. The minimum atomic E-state index is -0.883. The molecule has 0 aliphatic carbocycles. The Kier molecular flexibility index (Phi) is 7.17. The summed E-state index contributed by atoms with van der Waals surface area (Å²) >= 11 is 3.36. The third kappa shape index (κ3) is 5.22. The molecule has 0 aromatic heterocycles. The van der Waals surface area contributed by atoms with Crippen molar-refractivity contribution in [2.75, 3.05) is 13.7 Å². The fourth-order valence-corrected chi connectivity index (χ4v) is 2.41. The number of carboxylic acid groups (broad SMARTS) is 1. The molecule has 0 radical (unpaired) electrons. The van der Waals surface area contributed by atoms with Crippen LogP contribution >= 0.6 is 15.9 Å². The fourth-order valence-electron chi connectivity index (χ4n) is 1.85. The first-order valence-corrected chi connectivity index (χ1v) is 7.71. The van der Waals surface area contributed by atoms with Crippen LogP contribution in [0.3, 0.4) is 0 Å². The number of hydrogen-bond acceptors (Lipinski definition) is 4. The van der Waals surface area contributed by atoms with E-state index in [0.717, 1.165) is 0 Å². The first kappa shape index (κ1) is 18.3. The first-order chi connectivity index (χ1) is 10.4. The van der Waals surface area contributed by atoms with Crippen LogP contribution in [0.2, 0.25) is 0 Å². The van der Waals surface area contributed by atoms with E-state index in [-0.39, 0.29) is 18.4 Å². The standard InChI is InChI=1S/C15H20BrNO5/c1-4-22-14-11(16)7-10(8-12(14)21-3)15(20)17-9(2)5-6-13(18)19/h7-9H,4-6H2,1-3H3,(H,17,20)(H,18,19). The summed E-state index contributed by atoms with van der Waals surface area (Å²) in [5, 5.41) is 11.4. The maximum absolute atomic E-state index is 12.2. The normalized spacial score (nSPS) is 11.6. The first-order valence-electron chi connectivity index (χ1n) is 6.92. The Labute approximate surface area is 137 Å². The molecule has 0 fully saturated rings. The van der Waals surface area contributed by atoms with Crippen LogP contribution in [0.5, 0.6) is 11.5 Å². The summed E-state index contributed by atoms with van der Waals surface area (Å²) < 4.78 is 11.3. The molecule has 122 valence electrons. The van der Waals surface area contributed by atoms with Crippen LogP contribution in [0, 0.1) is 0 Å². The van der Waals surface area contributed by atoms with Crippen LogP contribution < -0.4 is 14.8 Å². The van der Waals surface area contributed by atoms with Crippen LogP contribution in [-0.4, -0.2) is 36.7 Å². The van der Waals surface area contributed by atoms with Crippen LogP contribution in [0.25, 0.3) is 0 Å². The number of benzene rings is 1. The molecule has 1 aromatic carbocycles. The van der Waals surface area contributed by atoms with Gasteiger partial charge in [-0.05, 0) is 48.3 Å². The van der Waals surface area contributed by atoms with Gasteiger partial charge in [0.15, 0.2) is 11.5 Å². The summed E-state index contributed by atoms with van der Waals surface area (Å²) in [6.45, 7) is 4.10. The molecule has 0 saturated heterocycles. The van der Waals surface area contributed by atoms with Crippen LogP contribution in [0.15, 0.2) is 16.6 Å². The molecule has 2 N–H and O–H groups in total. The van der Waals surface area contributed by atoms with Crippen molar-refractivity contribution in [3.05, 3.63) is 22.2 Å². The molecule has 0 spiro atoms. The van der Waals surface area contributed by atoms with Gasteiger partial charge in [0.1, 0.15) is 0 Å². The second-order valence-corrected chi connectivity index (χ2v) is 5.58. The summed E-state index contributed by atoms with van der Waals surface area (Å²) in [5.41, 5.74) is 0.411. The van der Waals surface area contributed by atoms with E-state index < -0.39 is 5.97 Å². The van der Waals surface area contributed by atoms with Gasteiger partial charge in [0.2, 0.25) is 0 Å². The van der Waals surface area contributed by atoms with E-state index in [4.69, 9.17) is 14.6 Å². The van der Waals surface area contributed by atoms with Gasteiger partial charge < -0.3 is 19.9 Å². The second-order valence-electron chi connectivity index (χ2n) is 4.73. The molecule has 0 heterocycles. The van der Waals surface area contributed by atoms with Crippen LogP contribution in [-0.2, 0) is 4.79 Å². The molecule has 0 bridgehead atoms. The van der Waals surface area contributed by atoms with Crippen molar-refractivity contribution in [2.24, 2.45) is 0 Å². The smallest absolute Gasteiger partial charge is 0.303 e. The lowest BCUT2D eigenvalue weighted by Crippen LogP contribution is -2.33. The highest BCUT2D eigenvalue weighted by Crippen LogP contribution is 2.36. The molecular weight excluding hydrogens is 354 g/mol. The average molecular weight is 374 g/mol. The fraction of sp³-hybridized carbons (Fsp3) is 0.467. The zero-order valence-electron chi connectivity index (χ0n) is 12.8. The minimum absolute atomic E-state index is 0.0116. The number of amides is 1. The molecule has 1 unspecified atom stereocenters. The number of halogens is 1. The van der Waals surface area contributed by atoms with E-state index in [2.05, 4.69) is 21.2 Å². The molecule has 1 aromatic rings. The highest BCUT2D eigenvalue weighted by molar-refractivity contribution is 9.10. The third-order valence-corrected chi connectivity index (χ3v) is 3.54. The Bertz CT molecular complexity index is 547. The predicted octanol–water partition coefficient (Wildman–Crippen LogP) is 2.84. The van der Waals surface area contributed by atoms with Crippen molar-refractivity contribution in [1.29, 1.82) is 0 Å². The number of ether oxygens (including phenoxy) is 2. The number of rotatable bonds is 8. The van der Waals surface area contributed by atoms with Crippen molar-refractivity contribution >= 4 is 27.8 Å². The Morgan fingerprint density at radius 1 is 1.41 bits per heavy atom. The minimum Gasteiger partial charge on any atom is -0.493 e. The highest BCUT2D eigenvalue weighted by atomic mass is 79.9. The molecule has 1 amide bonds. The molecule has 1 rings (SSSR count). The van der Waals surface area contributed by atoms with Gasteiger partial charge >= 0.3 is 5.97 Å². The van der Waals surface area contributed by atoms with E-state index in [1.807, 2.05) is 6.92 Å². The average Bonchev–Trinajstić information content (AvgIpc) is 2.46. The van der Waals surface area contributed by atoms with Gasteiger partial charge in [-0.25, -0.2) is 0 Å². The Hall–Kier alpha value is -1.76. The summed E-state index contributed by atoms with van der Waals surface area (Å²) in [4.78, 5) is 22.8. The van der Waals surface area contributed by atoms with Gasteiger partial charge in [-0.15, -0.1) is 0 Å². The lowest BCUT2D eigenvalue weighted by molar-refractivity contribution is -0.137. The number of carbonyl (C=O) groups excluding carboxylic acids is 1. The number of hydrogen-bond donors (Lipinski definition) is 2. The molecule has 0 aliphatic heterocycles. The van der Waals surface area contributed by atoms with E-state index >= 15 is 0 Å². The molecule has 1 atom stereocenters. The van der Waals surface area contributed by atoms with E-state index in [1.165, 1.54) is 7.11 Å². The van der Waals surface area contributed by atoms with Crippen LogP contribution in [0.4, 0.5) is 0 Å². The van der Waals surface area contributed by atoms with E-state index in [9.17, 15) is 9.59 Å². The zero-order valence-corrected chi connectivity index (χ0v) is 14.4. The molecule has 6 nitrogen and oxygen atoms in total. The molecule has 7 heteroatoms. The number of aliphatic carboxylic acids is 1. The lowest BCUT2D eigenvalue weighted by Gasteiger charge is -2.15. The summed E-state index contributed by atoms with van der Waals surface area (Å²) in [7, 11) is 1.50. The summed E-state index contributed by atoms with van der Waals surface area (Å²) in [6.07, 6.45) is 0.383. The summed E-state index contributed by atoms with van der Waals surface area (Å²) in [5.74, 6) is -0.174. The van der Waals surface area contributed by atoms with Gasteiger partial charge in [-0.3, -0.25) is 9.59 Å². The largest absolute Gasteiger partial charge is 0.493 e. The van der Waals surface area contributed by atoms with Gasteiger partial charge in [0.25, 0.3) is 5.91 Å². The van der Waals surface area contributed by atoms with Crippen molar-refractivity contribution < 1.29 is 24.2 Å². The predicted molar refractivity (Wildman–Crippen MR) is 85.7 cm³/mol. The Balaban J connectivity index is 2.85. The number of carbonyl (C=O) groups is 2. The van der Waals surface area contributed by atoms with E-state index in [0.29, 0.717) is 34.6 Å². The Morgan fingerprint density at radius 2 is 2.09 bits per heavy atom. The van der Waals surface area contributed by atoms with Crippen molar-refractivity contribution in [3.63, 3.8) is 0 Å². The summed E-state index contributed by atoms with van der Waals surface area (Å²) in [6, 6.07) is 3.00. The molecule has 0 aliphatic rings. The number of methoxy groups -OCH3 is 1. The topological polar surface area (TPSA) is 84.9 Å². The van der Waals surface area contributed by atoms with E-state index in [1.54, 1.807) is 19.1 Å². The number of nitrogens with one attached hydrogen (secondary N) is 1. The van der Waals surface area contributed by atoms with Crippen molar-refractivity contribution in [3.8, 4) is 11.5 Å². The Morgan fingerprint density at radius 3 is 2.64 bits per heavy atom. The number of carboxylic acids is 1. The van der Waals surface area contributed by atoms with Gasteiger partial charge in [-0.2, -0.15) is 0 Å². The van der Waals surface area contributed by atoms with Gasteiger partial charge in [-0.1, -0.05) is 0 Å². The molecule has 0 saturated carbocycles. The lowest BCUT2D eigenvalue weighted by atomic mass is 10.1. The maximum atomic E-state index is 12.2. The third-order valence-electron chi connectivity index (χ3n) is 2.95. The molecular formula is C15H20BrNO5. The van der Waals surface area contributed by atoms with Crippen molar-refractivity contribution in [1.82, 2.24) is 5.32 Å². The van der Waals surface area contributed by atoms with Crippen LogP contribution in [0.1, 0.15) is 37.0 Å². The SMILES string of the molecule is CCOc1c(Br)cc(C(=O)NC(C)CCC(=O)O)cc1OC. The van der Waals surface area contributed by atoms with Gasteiger partial charge in [0.05, 0.1) is 18.2 Å². The molecule has 22 heavy (non-hydrogen) atoms.